The van der Waals surface area contributed by atoms with Crippen LogP contribution < -0.4 is 0 Å². The minimum atomic E-state index is 1.21. The van der Waals surface area contributed by atoms with Crippen molar-refractivity contribution < 1.29 is 4.79 Å². The lowest BCUT2D eigenvalue weighted by molar-refractivity contribution is 0.569. The maximum Gasteiger partial charge on any atom is 0.124 e. The molecule has 0 fully saturated rings. The van der Waals surface area contributed by atoms with Gasteiger partial charge in [0.1, 0.15) is 5.94 Å². The summed E-state index contributed by atoms with van der Waals surface area (Å²) in [7, 11) is 0. The van der Waals surface area contributed by atoms with E-state index in [9.17, 15) is 0 Å². The van der Waals surface area contributed by atoms with Gasteiger partial charge in [0.05, 0.1) is 0 Å². The van der Waals surface area contributed by atoms with E-state index in [4.69, 9.17) is 4.79 Å². The van der Waals surface area contributed by atoms with Crippen LogP contribution in [0.3, 0.4) is 0 Å². The molecule has 0 unspecified atom stereocenters. The fourth-order valence-electron chi connectivity index (χ4n) is 0.0481. The topological polar surface area (TPSA) is 17.1 Å². The summed E-state index contributed by atoms with van der Waals surface area (Å²) in [5, 5.41) is 0. The Bertz CT molecular complexity index is 67.7. The minimum absolute atomic E-state index is 1.21. The van der Waals surface area contributed by atoms with E-state index in [0.29, 0.717) is 0 Å². The average Bonchev–Trinajstić information content (AvgIpc) is 1.41. The predicted molar refractivity (Wildman–Crippen MR) is 20.5 cm³/mol. The van der Waals surface area contributed by atoms with Crippen LogP contribution in [-0.2, 0) is 4.79 Å². The maximum atomic E-state index is 9.15. The van der Waals surface area contributed by atoms with Gasteiger partial charge in [-0.2, -0.15) is 0 Å². The quantitative estimate of drug-likeness (QED) is 0.325. The maximum absolute atomic E-state index is 9.15. The molecule has 0 aromatic rings. The molecule has 0 N–H and O–H groups in total. The molecular formula is C4H4O. The summed E-state index contributed by atoms with van der Waals surface area (Å²) >= 11 is 0. The number of hydrogen-bond acceptors (Lipinski definition) is 1. The fraction of sp³-hybridized carbons (Fsp3) is 0. The lowest BCUT2D eigenvalue weighted by atomic mass is 10.7. The largest absolute Gasteiger partial charge is 0.234 e. The Kier molecular flexibility index (Phi) is 2.67. The molecule has 0 aromatic heterocycles. The van der Waals surface area contributed by atoms with E-state index in [1.165, 1.54) is 18.1 Å². The van der Waals surface area contributed by atoms with Gasteiger partial charge < -0.3 is 0 Å². The Morgan fingerprint density at radius 3 is 2.40 bits per heavy atom. The van der Waals surface area contributed by atoms with Gasteiger partial charge in [-0.1, -0.05) is 12.7 Å². The van der Waals surface area contributed by atoms with Gasteiger partial charge in [-0.3, -0.25) is 0 Å². The SMILES string of the molecule is C=CC=[14C]=O. The summed E-state index contributed by atoms with van der Waals surface area (Å²) in [4.78, 5) is 9.15. The van der Waals surface area contributed by atoms with Crippen LogP contribution in [0.25, 0.3) is 0 Å². The first-order valence-corrected chi connectivity index (χ1v) is 1.23. The molecule has 0 atom stereocenters. The molecule has 0 saturated heterocycles. The van der Waals surface area contributed by atoms with Gasteiger partial charge in [0.25, 0.3) is 0 Å². The number of hydrogen-bond donors (Lipinski definition) is 0. The van der Waals surface area contributed by atoms with E-state index in [2.05, 4.69) is 6.58 Å². The molecule has 0 amide bonds. The van der Waals surface area contributed by atoms with Crippen LogP contribution in [0.15, 0.2) is 18.7 Å². The molecule has 0 radical (unpaired) electrons. The summed E-state index contributed by atoms with van der Waals surface area (Å²) in [5.74, 6) is 1.52. The molecule has 0 heterocycles. The fourth-order valence-corrected chi connectivity index (χ4v) is 0.0481. The molecule has 26 valence electrons. The lowest BCUT2D eigenvalue weighted by Gasteiger charge is -1.43. The monoisotopic (exact) mass is 70.0 g/mol. The zero-order valence-electron chi connectivity index (χ0n) is 2.77. The Balaban J connectivity index is 3.31. The van der Waals surface area contributed by atoms with Crippen molar-refractivity contribution in [1.29, 1.82) is 0 Å². The van der Waals surface area contributed by atoms with Gasteiger partial charge in [0.15, 0.2) is 0 Å². The molecule has 0 aliphatic heterocycles. The van der Waals surface area contributed by atoms with Crippen LogP contribution >= 0.6 is 0 Å². The normalized spacial score (nSPS) is 4.80. The lowest BCUT2D eigenvalue weighted by Crippen LogP contribution is -1.38. The van der Waals surface area contributed by atoms with Crippen LogP contribution in [0.2, 0.25) is 0 Å². The zero-order chi connectivity index (χ0) is 4.12. The zero-order valence-corrected chi connectivity index (χ0v) is 2.77. The van der Waals surface area contributed by atoms with Gasteiger partial charge in [-0.25, -0.2) is 4.79 Å². The van der Waals surface area contributed by atoms with Crippen molar-refractivity contribution in [1.82, 2.24) is 0 Å². The average molecular weight is 70.1 g/mol. The summed E-state index contributed by atoms with van der Waals surface area (Å²) in [6.07, 6.45) is 2.59. The molecule has 0 spiro atoms. The van der Waals surface area contributed by atoms with E-state index in [1.54, 1.807) is 0 Å². The molecule has 0 aliphatic carbocycles. The highest BCUT2D eigenvalue weighted by Gasteiger charge is 1.41. The van der Waals surface area contributed by atoms with Crippen LogP contribution in [0.4, 0.5) is 0 Å². The van der Waals surface area contributed by atoms with Crippen molar-refractivity contribution in [3.8, 4) is 0 Å². The van der Waals surface area contributed by atoms with Crippen molar-refractivity contribution in [3.63, 3.8) is 0 Å². The Labute approximate surface area is 30.6 Å². The van der Waals surface area contributed by atoms with Crippen molar-refractivity contribution in [2.24, 2.45) is 0 Å². The summed E-state index contributed by atoms with van der Waals surface area (Å²) in [5.41, 5.74) is 0. The molecule has 0 aliphatic rings. The Morgan fingerprint density at radius 2 is 2.40 bits per heavy atom. The highest BCUT2D eigenvalue weighted by atomic mass is 16.2. The second kappa shape index (κ2) is 3.19. The standard InChI is InChI=1S/C4H4O/c1-2-3-4-5/h2-3H,1H2/i4+2. The van der Waals surface area contributed by atoms with E-state index in [-0.39, 0.29) is 0 Å². The minimum Gasteiger partial charge on any atom is -0.234 e. The third kappa shape index (κ3) is 3.19. The molecule has 0 saturated carbocycles. The molecule has 0 aromatic carbocycles. The van der Waals surface area contributed by atoms with Crippen molar-refractivity contribution in [3.05, 3.63) is 18.7 Å². The van der Waals surface area contributed by atoms with Gasteiger partial charge >= 0.3 is 0 Å². The highest BCUT2D eigenvalue weighted by Crippen LogP contribution is 1.51. The first-order chi connectivity index (χ1) is 2.41. The van der Waals surface area contributed by atoms with E-state index in [1.807, 2.05) is 0 Å². The number of carbonyl (C=O) groups excluding carboxylic acids is 1. The predicted octanol–water partition coefficient (Wildman–Crippen LogP) is 0.560. The van der Waals surface area contributed by atoms with E-state index in [0.717, 1.165) is 0 Å². The third-order valence-corrected chi connectivity index (χ3v) is 0.186. The smallest absolute Gasteiger partial charge is 0.124 e. The Morgan fingerprint density at radius 1 is 1.80 bits per heavy atom. The first-order valence-electron chi connectivity index (χ1n) is 1.23. The Hall–Kier alpha value is -0.810. The molecule has 1 heteroatoms. The first kappa shape index (κ1) is 4.19. The molecule has 5 heavy (non-hydrogen) atoms. The van der Waals surface area contributed by atoms with E-state index < -0.39 is 0 Å². The van der Waals surface area contributed by atoms with E-state index >= 15 is 0 Å². The molecule has 1 nitrogen and oxygen atoms in total. The van der Waals surface area contributed by atoms with Crippen LogP contribution in [0.5, 0.6) is 0 Å². The molecule has 0 bridgehead atoms. The van der Waals surface area contributed by atoms with Gasteiger partial charge in [-0.15, -0.1) is 0 Å². The number of allylic oxidation sites excluding steroid dienone is 2. The number of rotatable bonds is 1. The van der Waals surface area contributed by atoms with Crippen LogP contribution in [-0.4, -0.2) is 5.94 Å². The second-order valence-corrected chi connectivity index (χ2v) is 0.520. The van der Waals surface area contributed by atoms with Crippen LogP contribution in [0, 0.1) is 0 Å². The van der Waals surface area contributed by atoms with Gasteiger partial charge in [0, 0.05) is 6.08 Å². The summed E-state index contributed by atoms with van der Waals surface area (Å²) < 4.78 is 0. The highest BCUT2D eigenvalue weighted by molar-refractivity contribution is 5.48. The molecular weight excluding hydrogens is 66.0 g/mol. The van der Waals surface area contributed by atoms with Crippen molar-refractivity contribution in [2.75, 3.05) is 0 Å². The molecule has 0 rings (SSSR count). The van der Waals surface area contributed by atoms with Gasteiger partial charge in [0.2, 0.25) is 0 Å². The summed E-state index contributed by atoms with van der Waals surface area (Å²) in [6, 6.07) is 0. The van der Waals surface area contributed by atoms with Crippen LogP contribution in [0.1, 0.15) is 0 Å². The van der Waals surface area contributed by atoms with Gasteiger partial charge in [-0.05, 0) is 0 Å². The third-order valence-electron chi connectivity index (χ3n) is 0.186. The van der Waals surface area contributed by atoms with Crippen molar-refractivity contribution in [2.45, 2.75) is 0 Å². The van der Waals surface area contributed by atoms with Crippen molar-refractivity contribution >= 4 is 5.94 Å². The summed E-state index contributed by atoms with van der Waals surface area (Å²) in [6.45, 7) is 3.23. The second-order valence-electron chi connectivity index (χ2n) is 0.520.